The summed E-state index contributed by atoms with van der Waals surface area (Å²) in [4.78, 5) is 0. The zero-order chi connectivity index (χ0) is 10.1. The van der Waals surface area contributed by atoms with E-state index in [1.807, 2.05) is 0 Å². The summed E-state index contributed by atoms with van der Waals surface area (Å²) in [5.41, 5.74) is 0.872. The Morgan fingerprint density at radius 1 is 1.43 bits per heavy atom. The monoisotopic (exact) mass is 306 g/mol. The molecule has 0 radical (unpaired) electrons. The van der Waals surface area contributed by atoms with E-state index >= 15 is 0 Å². The second kappa shape index (κ2) is 4.14. The fraction of sp³-hybridized carbons (Fsp3) is 0.455. The van der Waals surface area contributed by atoms with Crippen molar-refractivity contribution in [2.24, 2.45) is 5.92 Å². The van der Waals surface area contributed by atoms with Crippen molar-refractivity contribution >= 4 is 22.6 Å². The summed E-state index contributed by atoms with van der Waals surface area (Å²) in [5.74, 6) is 0.146. The van der Waals surface area contributed by atoms with Crippen LogP contribution in [0, 0.1) is 15.3 Å². The first-order chi connectivity index (χ1) is 6.68. The van der Waals surface area contributed by atoms with Gasteiger partial charge in [-0.1, -0.05) is 12.5 Å². The van der Waals surface area contributed by atoms with Crippen molar-refractivity contribution in [3.63, 3.8) is 0 Å². The van der Waals surface area contributed by atoms with E-state index in [0.29, 0.717) is 5.92 Å². The molecule has 0 aromatic heterocycles. The third-order valence-electron chi connectivity index (χ3n) is 2.88. The van der Waals surface area contributed by atoms with Gasteiger partial charge in [0.15, 0.2) is 0 Å². The Balaban J connectivity index is 2.22. The number of rotatable bonds is 2. The third-order valence-corrected chi connectivity index (χ3v) is 3.81. The Morgan fingerprint density at radius 3 is 2.64 bits per heavy atom. The highest BCUT2D eigenvalue weighted by atomic mass is 127. The van der Waals surface area contributed by atoms with Crippen LogP contribution in [0.4, 0.5) is 4.39 Å². The second-order valence-corrected chi connectivity index (χ2v) is 4.96. The topological polar surface area (TPSA) is 20.2 Å². The van der Waals surface area contributed by atoms with Crippen LogP contribution in [-0.4, -0.2) is 5.11 Å². The smallest absolute Gasteiger partial charge is 0.124 e. The summed E-state index contributed by atoms with van der Waals surface area (Å²) in [6.07, 6.45) is 2.99. The molecule has 0 spiro atoms. The van der Waals surface area contributed by atoms with Crippen molar-refractivity contribution in [1.82, 2.24) is 0 Å². The summed E-state index contributed by atoms with van der Waals surface area (Å²) in [6.45, 7) is 0. The predicted molar refractivity (Wildman–Crippen MR) is 61.4 cm³/mol. The van der Waals surface area contributed by atoms with Gasteiger partial charge in [-0.25, -0.2) is 4.39 Å². The average molecular weight is 306 g/mol. The molecule has 3 heteroatoms. The summed E-state index contributed by atoms with van der Waals surface area (Å²) in [6, 6.07) is 4.58. The van der Waals surface area contributed by atoms with E-state index in [-0.39, 0.29) is 5.82 Å². The van der Waals surface area contributed by atoms with E-state index in [1.165, 1.54) is 18.6 Å². The molecule has 2 rings (SSSR count). The first-order valence-electron chi connectivity index (χ1n) is 4.81. The lowest BCUT2D eigenvalue weighted by Crippen LogP contribution is -2.20. The average Bonchev–Trinajstić information content (AvgIpc) is 2.00. The molecule has 1 unspecified atom stereocenters. The number of halogens is 2. The molecule has 0 heterocycles. The molecule has 1 aliphatic rings. The Hall–Kier alpha value is -0.160. The highest BCUT2D eigenvalue weighted by Gasteiger charge is 2.27. The summed E-state index contributed by atoms with van der Waals surface area (Å²) >= 11 is 2.08. The van der Waals surface area contributed by atoms with Crippen LogP contribution in [0.1, 0.15) is 30.9 Å². The van der Waals surface area contributed by atoms with Gasteiger partial charge in [0.1, 0.15) is 5.82 Å². The first kappa shape index (κ1) is 10.4. The molecule has 1 fully saturated rings. The van der Waals surface area contributed by atoms with E-state index in [9.17, 15) is 9.50 Å². The van der Waals surface area contributed by atoms with Crippen LogP contribution in [0.3, 0.4) is 0 Å². The third kappa shape index (κ3) is 1.93. The van der Waals surface area contributed by atoms with E-state index in [0.717, 1.165) is 22.0 Å². The van der Waals surface area contributed by atoms with Gasteiger partial charge in [-0.3, -0.25) is 0 Å². The predicted octanol–water partition coefficient (Wildman–Crippen LogP) is 3.26. The van der Waals surface area contributed by atoms with Crippen LogP contribution < -0.4 is 0 Å². The molecular formula is C11H12FIO. The maximum absolute atomic E-state index is 12.8. The lowest BCUT2D eigenvalue weighted by molar-refractivity contribution is 0.0614. The standard InChI is InChI=1S/C11H12FIO/c12-8-4-5-9(10(13)6-8)11(14)7-2-1-3-7/h4-7,11,14H,1-3H2. The second-order valence-electron chi connectivity index (χ2n) is 3.80. The van der Waals surface area contributed by atoms with Crippen molar-refractivity contribution in [1.29, 1.82) is 0 Å². The normalized spacial score (nSPS) is 19.1. The van der Waals surface area contributed by atoms with E-state index in [2.05, 4.69) is 22.6 Å². The maximum Gasteiger partial charge on any atom is 0.124 e. The van der Waals surface area contributed by atoms with Gasteiger partial charge < -0.3 is 5.11 Å². The number of aliphatic hydroxyl groups excluding tert-OH is 1. The van der Waals surface area contributed by atoms with Crippen LogP contribution >= 0.6 is 22.6 Å². The van der Waals surface area contributed by atoms with Crippen LogP contribution in [0.15, 0.2) is 18.2 Å². The molecule has 1 atom stereocenters. The van der Waals surface area contributed by atoms with E-state index in [4.69, 9.17) is 0 Å². The van der Waals surface area contributed by atoms with Gasteiger partial charge in [0.05, 0.1) is 6.10 Å². The van der Waals surface area contributed by atoms with E-state index < -0.39 is 6.10 Å². The molecule has 1 N–H and O–H groups in total. The van der Waals surface area contributed by atoms with Gasteiger partial charge in [0, 0.05) is 3.57 Å². The summed E-state index contributed by atoms with van der Waals surface area (Å²) in [5, 5.41) is 9.98. The number of hydrogen-bond donors (Lipinski definition) is 1. The molecule has 76 valence electrons. The zero-order valence-electron chi connectivity index (χ0n) is 7.71. The van der Waals surface area contributed by atoms with Crippen molar-refractivity contribution in [3.05, 3.63) is 33.1 Å². The van der Waals surface area contributed by atoms with Gasteiger partial charge in [0.2, 0.25) is 0 Å². The minimum Gasteiger partial charge on any atom is -0.388 e. The highest BCUT2D eigenvalue weighted by Crippen LogP contribution is 2.38. The molecule has 0 bridgehead atoms. The minimum absolute atomic E-state index is 0.237. The van der Waals surface area contributed by atoms with Crippen LogP contribution in [-0.2, 0) is 0 Å². The molecule has 14 heavy (non-hydrogen) atoms. The molecule has 1 aliphatic carbocycles. The number of aliphatic hydroxyl groups is 1. The lowest BCUT2D eigenvalue weighted by Gasteiger charge is -2.31. The van der Waals surface area contributed by atoms with Gasteiger partial charge in [-0.2, -0.15) is 0 Å². The quantitative estimate of drug-likeness (QED) is 0.832. The van der Waals surface area contributed by atoms with Crippen molar-refractivity contribution in [2.75, 3.05) is 0 Å². The SMILES string of the molecule is OC(c1ccc(F)cc1I)C1CCC1. The van der Waals surface area contributed by atoms with Gasteiger partial charge >= 0.3 is 0 Å². The number of benzene rings is 1. The lowest BCUT2D eigenvalue weighted by atomic mass is 9.79. The Labute approximate surface area is 96.5 Å². The van der Waals surface area contributed by atoms with Gasteiger partial charge in [0.25, 0.3) is 0 Å². The molecular weight excluding hydrogens is 294 g/mol. The largest absolute Gasteiger partial charge is 0.388 e. The Kier molecular flexibility index (Phi) is 3.07. The Morgan fingerprint density at radius 2 is 2.14 bits per heavy atom. The van der Waals surface area contributed by atoms with Crippen molar-refractivity contribution in [3.8, 4) is 0 Å². The fourth-order valence-electron chi connectivity index (χ4n) is 1.75. The highest BCUT2D eigenvalue weighted by molar-refractivity contribution is 14.1. The minimum atomic E-state index is -0.406. The first-order valence-corrected chi connectivity index (χ1v) is 5.89. The molecule has 1 nitrogen and oxygen atoms in total. The fourth-order valence-corrected chi connectivity index (χ4v) is 2.55. The molecule has 1 aromatic rings. The molecule has 0 saturated heterocycles. The van der Waals surface area contributed by atoms with Crippen molar-refractivity contribution in [2.45, 2.75) is 25.4 Å². The van der Waals surface area contributed by atoms with E-state index in [1.54, 1.807) is 6.07 Å². The van der Waals surface area contributed by atoms with Crippen molar-refractivity contribution < 1.29 is 9.50 Å². The van der Waals surface area contributed by atoms with Crippen LogP contribution in [0.2, 0.25) is 0 Å². The zero-order valence-corrected chi connectivity index (χ0v) is 9.87. The molecule has 0 amide bonds. The molecule has 0 aliphatic heterocycles. The van der Waals surface area contributed by atoms with Gasteiger partial charge in [-0.05, 0) is 59.0 Å². The Bertz CT molecular complexity index is 336. The van der Waals surface area contributed by atoms with Crippen LogP contribution in [0.25, 0.3) is 0 Å². The van der Waals surface area contributed by atoms with Crippen LogP contribution in [0.5, 0.6) is 0 Å². The maximum atomic E-state index is 12.8. The summed E-state index contributed by atoms with van der Waals surface area (Å²) < 4.78 is 13.6. The molecule has 1 aromatic carbocycles. The number of hydrogen-bond acceptors (Lipinski definition) is 1. The molecule has 1 saturated carbocycles. The summed E-state index contributed by atoms with van der Waals surface area (Å²) in [7, 11) is 0. The van der Waals surface area contributed by atoms with Gasteiger partial charge in [-0.15, -0.1) is 0 Å².